The number of ether oxygens (including phenoxy) is 1. The third-order valence-corrected chi connectivity index (χ3v) is 3.95. The predicted octanol–water partition coefficient (Wildman–Crippen LogP) is 2.08. The molecule has 1 aromatic rings. The molecule has 0 saturated heterocycles. The first-order valence-electron chi connectivity index (χ1n) is 7.88. The lowest BCUT2D eigenvalue weighted by atomic mass is 9.98. The molecule has 2 N–H and O–H groups in total. The summed E-state index contributed by atoms with van der Waals surface area (Å²) in [5.41, 5.74) is 4.11. The average molecular weight is 304 g/mol. The quantitative estimate of drug-likeness (QED) is 0.833. The van der Waals surface area contributed by atoms with Crippen LogP contribution in [0.3, 0.4) is 0 Å². The first-order valence-corrected chi connectivity index (χ1v) is 7.88. The molecule has 22 heavy (non-hydrogen) atoms. The van der Waals surface area contributed by atoms with Gasteiger partial charge < -0.3 is 15.0 Å². The van der Waals surface area contributed by atoms with Gasteiger partial charge in [0.05, 0.1) is 12.2 Å². The van der Waals surface area contributed by atoms with E-state index in [4.69, 9.17) is 4.74 Å². The molecule has 120 valence electrons. The number of amides is 1. The summed E-state index contributed by atoms with van der Waals surface area (Å²) in [6, 6.07) is 0. The van der Waals surface area contributed by atoms with Gasteiger partial charge in [0.15, 0.2) is 0 Å². The van der Waals surface area contributed by atoms with Crippen molar-refractivity contribution in [2.24, 2.45) is 0 Å². The third-order valence-electron chi connectivity index (χ3n) is 3.95. The van der Waals surface area contributed by atoms with Crippen molar-refractivity contribution in [1.82, 2.24) is 20.4 Å². The van der Waals surface area contributed by atoms with Crippen molar-refractivity contribution >= 4 is 11.7 Å². The number of aromatic nitrogens is 2. The molecule has 0 atom stereocenters. The molecule has 2 aliphatic rings. The highest BCUT2D eigenvalue weighted by Gasteiger charge is 2.29. The van der Waals surface area contributed by atoms with E-state index in [9.17, 15) is 4.79 Å². The van der Waals surface area contributed by atoms with Crippen molar-refractivity contribution < 1.29 is 9.53 Å². The van der Waals surface area contributed by atoms with Gasteiger partial charge >= 0.3 is 6.09 Å². The van der Waals surface area contributed by atoms with Crippen LogP contribution in [0, 0.1) is 0 Å². The Hall–Kier alpha value is -1.82. The van der Waals surface area contributed by atoms with Gasteiger partial charge in [-0.2, -0.15) is 5.10 Å². The molecule has 3 heterocycles. The zero-order chi connectivity index (χ0) is 15.7. The van der Waals surface area contributed by atoms with E-state index in [2.05, 4.69) is 21.6 Å². The van der Waals surface area contributed by atoms with Gasteiger partial charge in [-0.25, -0.2) is 4.79 Å². The zero-order valence-corrected chi connectivity index (χ0v) is 13.5. The number of carbonyl (C=O) groups is 1. The van der Waals surface area contributed by atoms with E-state index < -0.39 is 5.60 Å². The van der Waals surface area contributed by atoms with Crippen molar-refractivity contribution in [3.8, 4) is 0 Å². The maximum absolute atomic E-state index is 12.3. The highest BCUT2D eigenvalue weighted by molar-refractivity contribution is 5.71. The molecule has 0 radical (unpaired) electrons. The highest BCUT2D eigenvalue weighted by Crippen LogP contribution is 2.28. The lowest BCUT2D eigenvalue weighted by Gasteiger charge is -2.30. The zero-order valence-electron chi connectivity index (χ0n) is 13.5. The fraction of sp³-hybridized carbons (Fsp3) is 0.625. The van der Waals surface area contributed by atoms with Crippen LogP contribution in [0.5, 0.6) is 0 Å². The summed E-state index contributed by atoms with van der Waals surface area (Å²) in [6.07, 6.45) is 3.72. The third kappa shape index (κ3) is 3.16. The Morgan fingerprint density at radius 2 is 2.18 bits per heavy atom. The molecule has 0 fully saturated rings. The molecule has 0 spiro atoms. The van der Waals surface area contributed by atoms with Crippen LogP contribution in [0.4, 0.5) is 4.79 Å². The number of rotatable bonds is 1. The van der Waals surface area contributed by atoms with Gasteiger partial charge in [0.2, 0.25) is 0 Å². The Kier molecular flexibility index (Phi) is 3.95. The van der Waals surface area contributed by atoms with Crippen molar-refractivity contribution in [3.05, 3.63) is 23.0 Å². The molecule has 3 rings (SSSR count). The molecule has 6 nitrogen and oxygen atoms in total. The monoisotopic (exact) mass is 304 g/mol. The SMILES string of the molecule is CC(C)(C)OC(=O)N1CCc2[nH]nc(C3=CCNCC3)c2C1. The highest BCUT2D eigenvalue weighted by atomic mass is 16.6. The summed E-state index contributed by atoms with van der Waals surface area (Å²) >= 11 is 0. The first kappa shape index (κ1) is 15.1. The van der Waals surface area contributed by atoms with E-state index in [0.717, 1.165) is 42.9 Å². The van der Waals surface area contributed by atoms with Crippen molar-refractivity contribution in [3.63, 3.8) is 0 Å². The molecule has 0 aliphatic carbocycles. The number of hydrogen-bond donors (Lipinski definition) is 2. The van der Waals surface area contributed by atoms with Crippen LogP contribution in [-0.4, -0.2) is 46.4 Å². The summed E-state index contributed by atoms with van der Waals surface area (Å²) in [6.45, 7) is 8.77. The van der Waals surface area contributed by atoms with Gasteiger partial charge in [-0.3, -0.25) is 5.10 Å². The number of carbonyl (C=O) groups excluding carboxylic acids is 1. The Balaban J connectivity index is 1.78. The van der Waals surface area contributed by atoms with Crippen molar-refractivity contribution in [1.29, 1.82) is 0 Å². The number of fused-ring (bicyclic) bond motifs is 1. The number of nitrogens with one attached hydrogen (secondary N) is 2. The normalized spacial score (nSPS) is 18.7. The molecule has 0 saturated carbocycles. The van der Waals surface area contributed by atoms with Crippen molar-refractivity contribution in [2.45, 2.75) is 45.8 Å². The standard InChI is InChI=1S/C16H24N4O2/c1-16(2,3)22-15(21)20-9-6-13-12(10-20)14(19-18-13)11-4-7-17-8-5-11/h4,17H,5-10H2,1-3H3,(H,18,19). The maximum Gasteiger partial charge on any atom is 0.410 e. The smallest absolute Gasteiger partial charge is 0.410 e. The molecule has 1 amide bonds. The van der Waals surface area contributed by atoms with E-state index in [1.54, 1.807) is 4.90 Å². The molecule has 0 unspecified atom stereocenters. The summed E-state index contributed by atoms with van der Waals surface area (Å²) < 4.78 is 5.49. The fourth-order valence-electron chi connectivity index (χ4n) is 2.88. The molecule has 1 aromatic heterocycles. The van der Waals surface area contributed by atoms with Gasteiger partial charge in [0.1, 0.15) is 5.60 Å². The summed E-state index contributed by atoms with van der Waals surface area (Å²) in [7, 11) is 0. The number of H-pyrrole nitrogens is 1. The maximum atomic E-state index is 12.3. The molecule has 0 aromatic carbocycles. The Labute approximate surface area is 130 Å². The second-order valence-electron chi connectivity index (χ2n) is 6.86. The Morgan fingerprint density at radius 3 is 2.86 bits per heavy atom. The van der Waals surface area contributed by atoms with Gasteiger partial charge in [-0.15, -0.1) is 0 Å². The molecular weight excluding hydrogens is 280 g/mol. The van der Waals surface area contributed by atoms with E-state index in [0.29, 0.717) is 13.1 Å². The van der Waals surface area contributed by atoms with E-state index in [1.165, 1.54) is 5.57 Å². The number of hydrogen-bond acceptors (Lipinski definition) is 4. The lowest BCUT2D eigenvalue weighted by molar-refractivity contribution is 0.0223. The van der Waals surface area contributed by atoms with Crippen LogP contribution in [-0.2, 0) is 17.7 Å². The van der Waals surface area contributed by atoms with Crippen LogP contribution < -0.4 is 5.32 Å². The lowest BCUT2D eigenvalue weighted by Crippen LogP contribution is -2.40. The summed E-state index contributed by atoms with van der Waals surface area (Å²) in [5, 5.41) is 10.9. The van der Waals surface area contributed by atoms with Gasteiger partial charge in [0, 0.05) is 30.8 Å². The topological polar surface area (TPSA) is 70.2 Å². The molecule has 2 aliphatic heterocycles. The minimum Gasteiger partial charge on any atom is -0.444 e. The van der Waals surface area contributed by atoms with Gasteiger partial charge in [-0.05, 0) is 39.3 Å². The number of aromatic amines is 1. The number of nitrogens with zero attached hydrogens (tertiary/aromatic N) is 2. The largest absolute Gasteiger partial charge is 0.444 e. The second-order valence-corrected chi connectivity index (χ2v) is 6.86. The first-order chi connectivity index (χ1) is 10.4. The predicted molar refractivity (Wildman–Crippen MR) is 84.4 cm³/mol. The van der Waals surface area contributed by atoms with Crippen LogP contribution in [0.25, 0.3) is 5.57 Å². The molecule has 6 heteroatoms. The van der Waals surface area contributed by atoms with Crippen molar-refractivity contribution in [2.75, 3.05) is 19.6 Å². The van der Waals surface area contributed by atoms with Gasteiger partial charge in [-0.1, -0.05) is 6.08 Å². The average Bonchev–Trinajstić information content (AvgIpc) is 2.89. The van der Waals surface area contributed by atoms with E-state index in [-0.39, 0.29) is 6.09 Å². The Morgan fingerprint density at radius 1 is 1.36 bits per heavy atom. The fourth-order valence-corrected chi connectivity index (χ4v) is 2.88. The molecule has 0 bridgehead atoms. The summed E-state index contributed by atoms with van der Waals surface area (Å²) in [5.74, 6) is 0. The van der Waals surface area contributed by atoms with Gasteiger partial charge in [0.25, 0.3) is 0 Å². The minimum absolute atomic E-state index is 0.246. The van der Waals surface area contributed by atoms with E-state index in [1.807, 2.05) is 20.8 Å². The van der Waals surface area contributed by atoms with Crippen LogP contribution in [0.2, 0.25) is 0 Å². The minimum atomic E-state index is -0.464. The molecular formula is C16H24N4O2. The van der Waals surface area contributed by atoms with E-state index >= 15 is 0 Å². The van der Waals surface area contributed by atoms with Crippen LogP contribution >= 0.6 is 0 Å². The van der Waals surface area contributed by atoms with Crippen LogP contribution in [0.1, 0.15) is 44.1 Å². The summed E-state index contributed by atoms with van der Waals surface area (Å²) in [4.78, 5) is 14.1. The second kappa shape index (κ2) is 5.76. The Bertz CT molecular complexity index is 598. The van der Waals surface area contributed by atoms with Crippen LogP contribution in [0.15, 0.2) is 6.08 Å².